The smallest absolute Gasteiger partial charge is 0.251 e. The average Bonchev–Trinajstić information content (AvgIpc) is 2.71. The predicted molar refractivity (Wildman–Crippen MR) is 109 cm³/mol. The number of methoxy groups -OCH3 is 1. The summed E-state index contributed by atoms with van der Waals surface area (Å²) in [4.78, 5) is 16.6. The fourth-order valence-corrected chi connectivity index (χ4v) is 2.52. The number of ether oxygens (including phenoxy) is 1. The molecule has 0 aliphatic heterocycles. The molecule has 2 aromatic rings. The molecule has 0 fully saturated rings. The molecule has 2 aromatic carbocycles. The Morgan fingerprint density at radius 1 is 1.07 bits per heavy atom. The number of guanidine groups is 1. The van der Waals surface area contributed by atoms with Crippen LogP contribution in [0.25, 0.3) is 0 Å². The number of aryl methyl sites for hydroxylation is 1. The Labute approximate surface area is 165 Å². The van der Waals surface area contributed by atoms with E-state index in [4.69, 9.17) is 4.74 Å². The number of hydrogen-bond donors (Lipinski definition) is 3. The Bertz CT molecular complexity index is 807. The molecule has 0 unspecified atom stereocenters. The highest BCUT2D eigenvalue weighted by Crippen LogP contribution is 2.11. The molecule has 150 valence electrons. The van der Waals surface area contributed by atoms with Crippen LogP contribution in [0.2, 0.25) is 0 Å². The van der Waals surface area contributed by atoms with E-state index in [1.807, 2.05) is 6.92 Å². The molecule has 28 heavy (non-hydrogen) atoms. The van der Waals surface area contributed by atoms with Crippen molar-refractivity contribution in [3.8, 4) is 5.75 Å². The van der Waals surface area contributed by atoms with Crippen LogP contribution in [0.1, 0.15) is 28.4 Å². The van der Waals surface area contributed by atoms with E-state index in [2.05, 4.69) is 20.9 Å². The standard InChI is InChI=1S/C21H27FN4O2/c1-4-23-21(26-14-16-5-10-19(22)15(2)13-16)25-12-11-24-20(27)17-6-8-18(28-3)9-7-17/h5-10,13H,4,11-12,14H2,1-3H3,(H,24,27)(H2,23,25,26). The highest BCUT2D eigenvalue weighted by atomic mass is 19.1. The maximum absolute atomic E-state index is 13.3. The fourth-order valence-electron chi connectivity index (χ4n) is 2.52. The summed E-state index contributed by atoms with van der Waals surface area (Å²) in [5, 5.41) is 9.18. The molecule has 0 atom stereocenters. The molecule has 3 N–H and O–H groups in total. The molecule has 2 rings (SSSR count). The lowest BCUT2D eigenvalue weighted by atomic mass is 10.1. The Kier molecular flexibility index (Phi) is 8.27. The average molecular weight is 386 g/mol. The van der Waals surface area contributed by atoms with Crippen molar-refractivity contribution in [1.82, 2.24) is 16.0 Å². The first kappa shape index (κ1) is 21.2. The van der Waals surface area contributed by atoms with Crippen LogP contribution in [0, 0.1) is 12.7 Å². The lowest BCUT2D eigenvalue weighted by Crippen LogP contribution is -2.41. The third kappa shape index (κ3) is 6.57. The topological polar surface area (TPSA) is 74.8 Å². The molecular weight excluding hydrogens is 359 g/mol. The first-order valence-corrected chi connectivity index (χ1v) is 9.23. The van der Waals surface area contributed by atoms with Gasteiger partial charge in [-0.2, -0.15) is 0 Å². The summed E-state index contributed by atoms with van der Waals surface area (Å²) >= 11 is 0. The summed E-state index contributed by atoms with van der Waals surface area (Å²) in [5.74, 6) is 0.989. The van der Waals surface area contributed by atoms with Crippen LogP contribution in [0.3, 0.4) is 0 Å². The van der Waals surface area contributed by atoms with Crippen LogP contribution in [-0.4, -0.2) is 38.6 Å². The van der Waals surface area contributed by atoms with E-state index in [9.17, 15) is 9.18 Å². The number of nitrogens with zero attached hydrogens (tertiary/aromatic N) is 1. The normalized spacial score (nSPS) is 11.1. The zero-order valence-electron chi connectivity index (χ0n) is 16.5. The number of aliphatic imine (C=N–C) groups is 1. The van der Waals surface area contributed by atoms with Crippen LogP contribution in [0.15, 0.2) is 47.5 Å². The molecule has 6 nitrogen and oxygen atoms in total. The van der Waals surface area contributed by atoms with Gasteiger partial charge in [0.25, 0.3) is 5.91 Å². The van der Waals surface area contributed by atoms with Gasteiger partial charge >= 0.3 is 0 Å². The zero-order chi connectivity index (χ0) is 20.4. The number of halogens is 1. The van der Waals surface area contributed by atoms with Gasteiger partial charge in [-0.3, -0.25) is 4.79 Å². The Balaban J connectivity index is 1.81. The van der Waals surface area contributed by atoms with Crippen molar-refractivity contribution in [1.29, 1.82) is 0 Å². The number of nitrogens with one attached hydrogen (secondary N) is 3. The molecule has 0 radical (unpaired) electrons. The van der Waals surface area contributed by atoms with Crippen molar-refractivity contribution in [2.75, 3.05) is 26.7 Å². The van der Waals surface area contributed by atoms with E-state index < -0.39 is 0 Å². The number of hydrogen-bond acceptors (Lipinski definition) is 3. The van der Waals surface area contributed by atoms with Gasteiger partial charge in [-0.1, -0.05) is 12.1 Å². The van der Waals surface area contributed by atoms with Crippen LogP contribution in [0.5, 0.6) is 5.75 Å². The lowest BCUT2D eigenvalue weighted by molar-refractivity contribution is 0.0954. The summed E-state index contributed by atoms with van der Waals surface area (Å²) in [6, 6.07) is 11.9. The number of carbonyl (C=O) groups excluding carboxylic acids is 1. The molecular formula is C21H27FN4O2. The van der Waals surface area contributed by atoms with E-state index in [-0.39, 0.29) is 11.7 Å². The predicted octanol–water partition coefficient (Wildman–Crippen LogP) is 2.63. The quantitative estimate of drug-likeness (QED) is 0.370. The number of benzene rings is 2. The Morgan fingerprint density at radius 3 is 2.43 bits per heavy atom. The molecule has 1 amide bonds. The maximum atomic E-state index is 13.3. The van der Waals surface area contributed by atoms with Crippen molar-refractivity contribution in [3.05, 3.63) is 65.0 Å². The van der Waals surface area contributed by atoms with Crippen molar-refractivity contribution in [2.45, 2.75) is 20.4 Å². The lowest BCUT2D eigenvalue weighted by Gasteiger charge is -2.12. The van der Waals surface area contributed by atoms with Crippen LogP contribution in [-0.2, 0) is 6.54 Å². The van der Waals surface area contributed by atoms with Crippen molar-refractivity contribution in [3.63, 3.8) is 0 Å². The first-order valence-electron chi connectivity index (χ1n) is 9.23. The molecule has 0 aliphatic rings. The monoisotopic (exact) mass is 386 g/mol. The second-order valence-electron chi connectivity index (χ2n) is 6.19. The molecule has 0 saturated heterocycles. The van der Waals surface area contributed by atoms with E-state index >= 15 is 0 Å². The minimum absolute atomic E-state index is 0.145. The van der Waals surface area contributed by atoms with Crippen molar-refractivity contribution >= 4 is 11.9 Å². The second kappa shape index (κ2) is 10.9. The van der Waals surface area contributed by atoms with Gasteiger partial charge in [0.2, 0.25) is 0 Å². The highest BCUT2D eigenvalue weighted by molar-refractivity contribution is 5.94. The Morgan fingerprint density at radius 2 is 1.79 bits per heavy atom. The van der Waals surface area contributed by atoms with Gasteiger partial charge in [0.1, 0.15) is 11.6 Å². The van der Waals surface area contributed by atoms with Crippen LogP contribution >= 0.6 is 0 Å². The first-order chi connectivity index (χ1) is 13.5. The van der Waals surface area contributed by atoms with Crippen LogP contribution < -0.4 is 20.7 Å². The number of carbonyl (C=O) groups is 1. The van der Waals surface area contributed by atoms with Crippen molar-refractivity contribution < 1.29 is 13.9 Å². The molecule has 7 heteroatoms. The number of rotatable bonds is 8. The maximum Gasteiger partial charge on any atom is 0.251 e. The minimum Gasteiger partial charge on any atom is -0.497 e. The molecule has 0 aromatic heterocycles. The van der Waals surface area contributed by atoms with Gasteiger partial charge in [0.15, 0.2) is 5.96 Å². The summed E-state index contributed by atoms with van der Waals surface area (Å²) in [6.07, 6.45) is 0. The van der Waals surface area contributed by atoms with E-state index in [1.54, 1.807) is 50.4 Å². The van der Waals surface area contributed by atoms with Gasteiger partial charge in [-0.25, -0.2) is 9.38 Å². The minimum atomic E-state index is -0.217. The third-order valence-electron chi connectivity index (χ3n) is 4.04. The van der Waals surface area contributed by atoms with E-state index in [1.165, 1.54) is 6.07 Å². The summed E-state index contributed by atoms with van der Waals surface area (Å²) in [7, 11) is 1.58. The summed E-state index contributed by atoms with van der Waals surface area (Å²) in [6.45, 7) is 5.84. The van der Waals surface area contributed by atoms with Crippen molar-refractivity contribution in [2.24, 2.45) is 4.99 Å². The molecule has 0 heterocycles. The van der Waals surface area contributed by atoms with Gasteiger partial charge in [0, 0.05) is 25.2 Å². The summed E-state index contributed by atoms with van der Waals surface area (Å²) in [5.41, 5.74) is 2.11. The highest BCUT2D eigenvalue weighted by Gasteiger charge is 2.05. The van der Waals surface area contributed by atoms with E-state index in [0.717, 1.165) is 5.56 Å². The Hall–Kier alpha value is -3.09. The zero-order valence-corrected chi connectivity index (χ0v) is 16.5. The summed E-state index contributed by atoms with van der Waals surface area (Å²) < 4.78 is 18.4. The van der Waals surface area contributed by atoms with Gasteiger partial charge < -0.3 is 20.7 Å². The molecule has 0 spiro atoms. The largest absolute Gasteiger partial charge is 0.497 e. The molecule has 0 bridgehead atoms. The molecule has 0 aliphatic carbocycles. The van der Waals surface area contributed by atoms with Gasteiger partial charge in [-0.05, 0) is 55.3 Å². The van der Waals surface area contributed by atoms with Gasteiger partial charge in [-0.15, -0.1) is 0 Å². The third-order valence-corrected chi connectivity index (χ3v) is 4.04. The SMILES string of the molecule is CCNC(=NCc1ccc(F)c(C)c1)NCCNC(=O)c1ccc(OC)cc1. The number of amides is 1. The van der Waals surface area contributed by atoms with Gasteiger partial charge in [0.05, 0.1) is 13.7 Å². The fraction of sp³-hybridized carbons (Fsp3) is 0.333. The van der Waals surface area contributed by atoms with E-state index in [0.29, 0.717) is 49.0 Å². The second-order valence-corrected chi connectivity index (χ2v) is 6.19. The van der Waals surface area contributed by atoms with Crippen LogP contribution in [0.4, 0.5) is 4.39 Å². The molecule has 0 saturated carbocycles.